The number of benzene rings is 1. The molecule has 0 aromatic heterocycles. The lowest BCUT2D eigenvalue weighted by Gasteiger charge is -2.16. The Morgan fingerprint density at radius 3 is 2.36 bits per heavy atom. The minimum Gasteiger partial charge on any atom is -0.314 e. The average molecular weight is 191 g/mol. The van der Waals surface area contributed by atoms with Crippen LogP contribution in [0.3, 0.4) is 0 Å². The second-order valence-electron chi connectivity index (χ2n) is 4.03. The minimum atomic E-state index is 0.602. The Labute approximate surface area is 87.5 Å². The molecule has 0 aliphatic rings. The van der Waals surface area contributed by atoms with Crippen LogP contribution in [-0.2, 0) is 0 Å². The molecule has 2 atom stereocenters. The van der Waals surface area contributed by atoms with Gasteiger partial charge in [-0.1, -0.05) is 44.2 Å². The van der Waals surface area contributed by atoms with E-state index in [1.807, 2.05) is 0 Å². The summed E-state index contributed by atoms with van der Waals surface area (Å²) in [5.74, 6) is 0.602. The van der Waals surface area contributed by atoms with Gasteiger partial charge in [0, 0.05) is 12.6 Å². The van der Waals surface area contributed by atoms with Crippen molar-refractivity contribution < 1.29 is 0 Å². The molecule has 78 valence electrons. The summed E-state index contributed by atoms with van der Waals surface area (Å²) in [6, 6.07) is 11.3. The van der Waals surface area contributed by atoms with Crippen LogP contribution in [0.1, 0.15) is 38.7 Å². The molecule has 0 spiro atoms. The molecule has 0 bridgehead atoms. The van der Waals surface area contributed by atoms with Gasteiger partial charge < -0.3 is 5.32 Å². The molecule has 1 nitrogen and oxygen atoms in total. The van der Waals surface area contributed by atoms with Gasteiger partial charge in [-0.2, -0.15) is 0 Å². The van der Waals surface area contributed by atoms with Gasteiger partial charge in [0.2, 0.25) is 0 Å². The number of hydrogen-bond donors (Lipinski definition) is 1. The number of rotatable bonds is 5. The summed E-state index contributed by atoms with van der Waals surface area (Å²) in [7, 11) is 0. The van der Waals surface area contributed by atoms with Gasteiger partial charge in [-0.15, -0.1) is 0 Å². The Hall–Kier alpha value is -0.820. The monoisotopic (exact) mass is 191 g/mol. The third-order valence-electron chi connectivity index (χ3n) is 2.75. The van der Waals surface area contributed by atoms with Crippen molar-refractivity contribution in [2.24, 2.45) is 0 Å². The fourth-order valence-corrected chi connectivity index (χ4v) is 1.42. The average Bonchev–Trinajstić information content (AvgIpc) is 2.26. The predicted molar refractivity (Wildman–Crippen MR) is 62.6 cm³/mol. The molecule has 0 aliphatic heterocycles. The van der Waals surface area contributed by atoms with Gasteiger partial charge in [0.1, 0.15) is 0 Å². The topological polar surface area (TPSA) is 12.0 Å². The summed E-state index contributed by atoms with van der Waals surface area (Å²) in [5.41, 5.74) is 1.42. The largest absolute Gasteiger partial charge is 0.314 e. The molecule has 0 heterocycles. The molecule has 0 saturated heterocycles. The van der Waals surface area contributed by atoms with Crippen LogP contribution >= 0.6 is 0 Å². The van der Waals surface area contributed by atoms with Crippen LogP contribution in [0.4, 0.5) is 0 Å². The molecule has 1 heteroatoms. The zero-order chi connectivity index (χ0) is 10.4. The quantitative estimate of drug-likeness (QED) is 0.753. The van der Waals surface area contributed by atoms with E-state index in [2.05, 4.69) is 56.4 Å². The molecule has 1 rings (SSSR count). The van der Waals surface area contributed by atoms with Gasteiger partial charge in [0.05, 0.1) is 0 Å². The summed E-state index contributed by atoms with van der Waals surface area (Å²) in [6.45, 7) is 7.78. The Balaban J connectivity index is 2.39. The number of nitrogens with one attached hydrogen (secondary N) is 1. The fraction of sp³-hybridized carbons (Fsp3) is 0.538. The fourth-order valence-electron chi connectivity index (χ4n) is 1.42. The highest BCUT2D eigenvalue weighted by Crippen LogP contribution is 2.13. The predicted octanol–water partition coefficient (Wildman–Crippen LogP) is 3.18. The van der Waals surface area contributed by atoms with E-state index < -0.39 is 0 Å². The summed E-state index contributed by atoms with van der Waals surface area (Å²) < 4.78 is 0. The van der Waals surface area contributed by atoms with Gasteiger partial charge in [0.15, 0.2) is 0 Å². The van der Waals surface area contributed by atoms with Crippen molar-refractivity contribution in [3.05, 3.63) is 35.9 Å². The summed E-state index contributed by atoms with van der Waals surface area (Å²) in [5, 5.41) is 3.53. The van der Waals surface area contributed by atoms with Crippen molar-refractivity contribution in [2.45, 2.75) is 39.2 Å². The van der Waals surface area contributed by atoms with Gasteiger partial charge >= 0.3 is 0 Å². The summed E-state index contributed by atoms with van der Waals surface area (Å²) >= 11 is 0. The first kappa shape index (κ1) is 11.3. The van der Waals surface area contributed by atoms with Crippen molar-refractivity contribution in [1.82, 2.24) is 5.32 Å². The van der Waals surface area contributed by atoms with Crippen LogP contribution in [0, 0.1) is 0 Å². The van der Waals surface area contributed by atoms with Crippen LogP contribution < -0.4 is 5.32 Å². The number of hydrogen-bond acceptors (Lipinski definition) is 1. The first-order valence-corrected chi connectivity index (χ1v) is 5.52. The van der Waals surface area contributed by atoms with Crippen LogP contribution in [0.2, 0.25) is 0 Å². The molecule has 1 N–H and O–H groups in total. The van der Waals surface area contributed by atoms with Gasteiger partial charge in [-0.3, -0.25) is 0 Å². The molecule has 0 fully saturated rings. The van der Waals surface area contributed by atoms with E-state index in [0.29, 0.717) is 12.0 Å². The molecule has 1 aromatic carbocycles. The zero-order valence-electron chi connectivity index (χ0n) is 9.46. The molecule has 0 unspecified atom stereocenters. The van der Waals surface area contributed by atoms with Crippen molar-refractivity contribution in [2.75, 3.05) is 6.54 Å². The highest BCUT2D eigenvalue weighted by molar-refractivity contribution is 5.18. The van der Waals surface area contributed by atoms with E-state index >= 15 is 0 Å². The van der Waals surface area contributed by atoms with Gasteiger partial charge in [0.25, 0.3) is 0 Å². The Kier molecular flexibility index (Phi) is 4.68. The second kappa shape index (κ2) is 5.82. The van der Waals surface area contributed by atoms with E-state index in [9.17, 15) is 0 Å². The zero-order valence-corrected chi connectivity index (χ0v) is 9.46. The highest BCUT2D eigenvalue weighted by atomic mass is 14.9. The first-order valence-electron chi connectivity index (χ1n) is 5.52. The Morgan fingerprint density at radius 1 is 1.14 bits per heavy atom. The van der Waals surface area contributed by atoms with E-state index in [1.165, 1.54) is 12.0 Å². The van der Waals surface area contributed by atoms with Crippen LogP contribution in [0.5, 0.6) is 0 Å². The first-order chi connectivity index (χ1) is 6.74. The third-order valence-corrected chi connectivity index (χ3v) is 2.75. The molecule has 0 amide bonds. The normalized spacial score (nSPS) is 15.1. The molecule has 0 aliphatic carbocycles. The minimum absolute atomic E-state index is 0.602. The summed E-state index contributed by atoms with van der Waals surface area (Å²) in [6.07, 6.45) is 1.20. The molecular weight excluding hydrogens is 170 g/mol. The SMILES string of the molecule is CC[C@@H](C)NC[C@@H](C)c1ccccc1. The molecular formula is C13H21N. The Bertz CT molecular complexity index is 243. The van der Waals surface area contributed by atoms with Crippen LogP contribution in [0.15, 0.2) is 30.3 Å². The van der Waals surface area contributed by atoms with Crippen LogP contribution in [-0.4, -0.2) is 12.6 Å². The standard InChI is InChI=1S/C13H21N/c1-4-12(3)14-10-11(2)13-8-6-5-7-9-13/h5-9,11-12,14H,4,10H2,1-3H3/t11-,12-/m1/s1. The van der Waals surface area contributed by atoms with Gasteiger partial charge in [-0.05, 0) is 24.8 Å². The van der Waals surface area contributed by atoms with Crippen molar-refractivity contribution >= 4 is 0 Å². The van der Waals surface area contributed by atoms with Crippen LogP contribution in [0.25, 0.3) is 0 Å². The lowest BCUT2D eigenvalue weighted by Crippen LogP contribution is -2.28. The third kappa shape index (κ3) is 3.51. The maximum Gasteiger partial charge on any atom is 0.00363 e. The maximum atomic E-state index is 3.53. The van der Waals surface area contributed by atoms with Gasteiger partial charge in [-0.25, -0.2) is 0 Å². The maximum absolute atomic E-state index is 3.53. The van der Waals surface area contributed by atoms with Crippen molar-refractivity contribution in [1.29, 1.82) is 0 Å². The molecule has 0 radical (unpaired) electrons. The van der Waals surface area contributed by atoms with Crippen molar-refractivity contribution in [3.8, 4) is 0 Å². The summed E-state index contributed by atoms with van der Waals surface area (Å²) in [4.78, 5) is 0. The lowest BCUT2D eigenvalue weighted by atomic mass is 10.0. The lowest BCUT2D eigenvalue weighted by molar-refractivity contribution is 0.508. The van der Waals surface area contributed by atoms with E-state index in [1.54, 1.807) is 0 Å². The van der Waals surface area contributed by atoms with E-state index in [4.69, 9.17) is 0 Å². The van der Waals surface area contributed by atoms with Crippen molar-refractivity contribution in [3.63, 3.8) is 0 Å². The van der Waals surface area contributed by atoms with E-state index in [0.717, 1.165) is 6.54 Å². The van der Waals surface area contributed by atoms with E-state index in [-0.39, 0.29) is 0 Å². The Morgan fingerprint density at radius 2 is 1.79 bits per heavy atom. The smallest absolute Gasteiger partial charge is 0.00363 e. The molecule has 1 aromatic rings. The highest BCUT2D eigenvalue weighted by Gasteiger charge is 2.05. The molecule has 0 saturated carbocycles. The molecule has 14 heavy (non-hydrogen) atoms. The second-order valence-corrected chi connectivity index (χ2v) is 4.03.